The maximum Gasteiger partial charge on any atom is 0.224 e. The lowest BCUT2D eigenvalue weighted by molar-refractivity contribution is -0.131. The second-order valence-electron chi connectivity index (χ2n) is 5.10. The molecule has 0 aliphatic carbocycles. The maximum absolute atomic E-state index is 12.0. The van der Waals surface area contributed by atoms with Crippen LogP contribution in [0.25, 0.3) is 0 Å². The molecule has 19 heavy (non-hydrogen) atoms. The maximum atomic E-state index is 12.0. The van der Waals surface area contributed by atoms with Crippen molar-refractivity contribution in [1.82, 2.24) is 15.1 Å². The van der Waals surface area contributed by atoms with Crippen LogP contribution in [0.3, 0.4) is 0 Å². The summed E-state index contributed by atoms with van der Waals surface area (Å²) in [6, 6.07) is 0. The van der Waals surface area contributed by atoms with Gasteiger partial charge in [-0.05, 0) is 12.8 Å². The fraction of sp³-hybridized carbons (Fsp3) is 0.846. The third-order valence-electron chi connectivity index (χ3n) is 3.64. The van der Waals surface area contributed by atoms with E-state index in [0.717, 1.165) is 45.0 Å². The van der Waals surface area contributed by atoms with Crippen LogP contribution in [-0.2, 0) is 4.79 Å². The van der Waals surface area contributed by atoms with Crippen LogP contribution >= 0.6 is 24.0 Å². The molecule has 0 bridgehead atoms. The number of nitrogens with one attached hydrogen (secondary N) is 1. The summed E-state index contributed by atoms with van der Waals surface area (Å²) in [6.45, 7) is 4.42. The molecular weight excluding hydrogens is 355 g/mol. The van der Waals surface area contributed by atoms with E-state index in [1.807, 2.05) is 11.9 Å². The molecule has 2 aliphatic heterocycles. The van der Waals surface area contributed by atoms with Crippen LogP contribution in [0, 0.1) is 0 Å². The van der Waals surface area contributed by atoms with Crippen molar-refractivity contribution >= 4 is 35.8 Å². The minimum absolute atomic E-state index is 0. The molecule has 6 heteroatoms. The molecule has 2 rings (SSSR count). The van der Waals surface area contributed by atoms with E-state index in [9.17, 15) is 4.79 Å². The van der Waals surface area contributed by atoms with Gasteiger partial charge in [0.1, 0.15) is 0 Å². The van der Waals surface area contributed by atoms with Gasteiger partial charge in [0.05, 0.1) is 6.54 Å². The monoisotopic (exact) mass is 380 g/mol. The average molecular weight is 380 g/mol. The first-order valence-electron chi connectivity index (χ1n) is 7.04. The van der Waals surface area contributed by atoms with Crippen molar-refractivity contribution < 1.29 is 4.79 Å². The SMILES string of the molecule is CN1CCN=C1NCCC(=O)N1CCCCCC1.I. The van der Waals surface area contributed by atoms with Crippen molar-refractivity contribution in [2.45, 2.75) is 32.1 Å². The van der Waals surface area contributed by atoms with Crippen LogP contribution in [0.5, 0.6) is 0 Å². The van der Waals surface area contributed by atoms with Crippen LogP contribution in [0.2, 0.25) is 0 Å². The Morgan fingerprint density at radius 2 is 1.89 bits per heavy atom. The number of amides is 1. The van der Waals surface area contributed by atoms with Gasteiger partial charge in [0, 0.05) is 39.6 Å². The van der Waals surface area contributed by atoms with Crippen molar-refractivity contribution in [2.75, 3.05) is 39.8 Å². The Hall–Kier alpha value is -0.530. The van der Waals surface area contributed by atoms with Gasteiger partial charge in [-0.2, -0.15) is 0 Å². The number of likely N-dealkylation sites (tertiary alicyclic amines) is 1. The van der Waals surface area contributed by atoms with E-state index in [0.29, 0.717) is 13.0 Å². The highest BCUT2D eigenvalue weighted by molar-refractivity contribution is 14.0. The molecular formula is C13H25IN4O. The van der Waals surface area contributed by atoms with Gasteiger partial charge in [-0.15, -0.1) is 24.0 Å². The first kappa shape index (κ1) is 16.5. The van der Waals surface area contributed by atoms with Crippen LogP contribution < -0.4 is 5.32 Å². The second kappa shape index (κ2) is 8.60. The number of rotatable bonds is 3. The Labute approximate surface area is 132 Å². The van der Waals surface area contributed by atoms with E-state index < -0.39 is 0 Å². The number of guanidine groups is 1. The molecule has 0 aromatic heterocycles. The fourth-order valence-corrected chi connectivity index (χ4v) is 2.48. The molecule has 2 aliphatic rings. The topological polar surface area (TPSA) is 47.9 Å². The summed E-state index contributed by atoms with van der Waals surface area (Å²) in [6.07, 6.45) is 5.43. The molecule has 1 amide bonds. The molecule has 0 aromatic rings. The predicted molar refractivity (Wildman–Crippen MR) is 88.0 cm³/mol. The molecule has 0 unspecified atom stereocenters. The standard InChI is InChI=1S/C13H24N4O.HI/c1-16-11-8-15-13(16)14-7-6-12(18)17-9-4-2-3-5-10-17;/h2-11H2,1H3,(H,14,15);1H. The fourth-order valence-electron chi connectivity index (χ4n) is 2.48. The van der Waals surface area contributed by atoms with Crippen molar-refractivity contribution in [1.29, 1.82) is 0 Å². The van der Waals surface area contributed by atoms with E-state index in [1.165, 1.54) is 12.8 Å². The molecule has 0 saturated carbocycles. The summed E-state index contributed by atoms with van der Waals surface area (Å²) in [5, 5.41) is 3.25. The van der Waals surface area contributed by atoms with Crippen molar-refractivity contribution in [3.8, 4) is 0 Å². The minimum atomic E-state index is 0. The summed E-state index contributed by atoms with van der Waals surface area (Å²) in [4.78, 5) is 20.5. The Morgan fingerprint density at radius 3 is 2.47 bits per heavy atom. The first-order chi connectivity index (χ1) is 8.77. The summed E-state index contributed by atoms with van der Waals surface area (Å²) >= 11 is 0. The molecule has 0 atom stereocenters. The first-order valence-corrected chi connectivity index (χ1v) is 7.04. The van der Waals surface area contributed by atoms with Crippen molar-refractivity contribution in [2.24, 2.45) is 4.99 Å². The predicted octanol–water partition coefficient (Wildman–Crippen LogP) is 1.29. The number of halogens is 1. The molecule has 1 saturated heterocycles. The number of hydrogen-bond donors (Lipinski definition) is 1. The quantitative estimate of drug-likeness (QED) is 0.751. The summed E-state index contributed by atoms with van der Waals surface area (Å²) in [5.41, 5.74) is 0. The number of aliphatic imine (C=N–C) groups is 1. The average Bonchev–Trinajstić information content (AvgIpc) is 2.64. The van der Waals surface area contributed by atoms with Crippen LogP contribution in [0.15, 0.2) is 4.99 Å². The zero-order valence-electron chi connectivity index (χ0n) is 11.7. The van der Waals surface area contributed by atoms with Gasteiger partial charge in [0.2, 0.25) is 5.91 Å². The van der Waals surface area contributed by atoms with Crippen molar-refractivity contribution in [3.63, 3.8) is 0 Å². The lowest BCUT2D eigenvalue weighted by Crippen LogP contribution is -2.39. The van der Waals surface area contributed by atoms with Crippen LogP contribution in [0.4, 0.5) is 0 Å². The minimum Gasteiger partial charge on any atom is -0.356 e. The summed E-state index contributed by atoms with van der Waals surface area (Å²) < 4.78 is 0. The Bertz CT molecular complexity index is 314. The smallest absolute Gasteiger partial charge is 0.224 e. The molecule has 0 radical (unpaired) electrons. The third-order valence-corrected chi connectivity index (χ3v) is 3.64. The summed E-state index contributed by atoms with van der Waals surface area (Å²) in [5.74, 6) is 1.21. The Balaban J connectivity index is 0.00000180. The van der Waals surface area contributed by atoms with Gasteiger partial charge >= 0.3 is 0 Å². The number of carbonyl (C=O) groups is 1. The Morgan fingerprint density at radius 1 is 1.21 bits per heavy atom. The zero-order chi connectivity index (χ0) is 12.8. The van der Waals surface area contributed by atoms with E-state index in [-0.39, 0.29) is 29.9 Å². The lowest BCUT2D eigenvalue weighted by Gasteiger charge is -2.21. The normalized spacial score (nSPS) is 19.5. The van der Waals surface area contributed by atoms with Gasteiger partial charge in [-0.25, -0.2) is 0 Å². The lowest BCUT2D eigenvalue weighted by atomic mass is 10.2. The molecule has 1 fully saturated rings. The largest absolute Gasteiger partial charge is 0.356 e. The number of hydrogen-bond acceptors (Lipinski definition) is 4. The van der Waals surface area contributed by atoms with Crippen LogP contribution in [-0.4, -0.2) is 61.4 Å². The van der Waals surface area contributed by atoms with Crippen LogP contribution in [0.1, 0.15) is 32.1 Å². The van der Waals surface area contributed by atoms with Gasteiger partial charge in [-0.1, -0.05) is 12.8 Å². The van der Waals surface area contributed by atoms with Gasteiger partial charge < -0.3 is 15.1 Å². The molecule has 2 heterocycles. The second-order valence-corrected chi connectivity index (χ2v) is 5.10. The number of carbonyl (C=O) groups excluding carboxylic acids is 1. The Kier molecular flexibility index (Phi) is 7.48. The van der Waals surface area contributed by atoms with Gasteiger partial charge in [-0.3, -0.25) is 9.79 Å². The van der Waals surface area contributed by atoms with E-state index in [4.69, 9.17) is 0 Å². The van der Waals surface area contributed by atoms with Crippen molar-refractivity contribution in [3.05, 3.63) is 0 Å². The zero-order valence-corrected chi connectivity index (χ0v) is 14.1. The highest BCUT2D eigenvalue weighted by atomic mass is 127. The molecule has 0 aromatic carbocycles. The van der Waals surface area contributed by atoms with Gasteiger partial charge in [0.25, 0.3) is 0 Å². The third kappa shape index (κ3) is 5.16. The number of nitrogens with zero attached hydrogens (tertiary/aromatic N) is 3. The highest BCUT2D eigenvalue weighted by Gasteiger charge is 2.16. The van der Waals surface area contributed by atoms with E-state index in [2.05, 4.69) is 15.2 Å². The molecule has 110 valence electrons. The molecule has 5 nitrogen and oxygen atoms in total. The summed E-state index contributed by atoms with van der Waals surface area (Å²) in [7, 11) is 2.02. The molecule has 1 N–H and O–H groups in total. The van der Waals surface area contributed by atoms with Gasteiger partial charge in [0.15, 0.2) is 5.96 Å². The highest BCUT2D eigenvalue weighted by Crippen LogP contribution is 2.10. The van der Waals surface area contributed by atoms with E-state index in [1.54, 1.807) is 0 Å². The van der Waals surface area contributed by atoms with E-state index >= 15 is 0 Å². The molecule has 0 spiro atoms. The number of likely N-dealkylation sites (N-methyl/N-ethyl adjacent to an activating group) is 1.